The molecule has 27 heavy (non-hydrogen) atoms. The lowest BCUT2D eigenvalue weighted by Gasteiger charge is -2.42. The number of nitrogens with one attached hydrogen (secondary N) is 2. The van der Waals surface area contributed by atoms with Crippen LogP contribution in [0, 0.1) is 17.8 Å². The third kappa shape index (κ3) is 6.63. The molecule has 0 aliphatic carbocycles. The summed E-state index contributed by atoms with van der Waals surface area (Å²) in [6.07, 6.45) is 1.92. The Bertz CT molecular complexity index is 560. The number of hydrogen-bond acceptors (Lipinski definition) is 3. The first kappa shape index (κ1) is 24.2. The van der Waals surface area contributed by atoms with Crippen LogP contribution < -0.4 is 10.6 Å². The second-order valence-corrected chi connectivity index (χ2v) is 8.25. The Hall–Kier alpha value is -0.810. The van der Waals surface area contributed by atoms with Crippen molar-refractivity contribution in [1.29, 1.82) is 0 Å². The lowest BCUT2D eigenvalue weighted by Crippen LogP contribution is -2.56. The molecule has 0 spiro atoms. The molecule has 1 amide bonds. The molecular weight excluding hydrogens is 381 g/mol. The minimum Gasteiger partial charge on any atom is -0.352 e. The fourth-order valence-electron chi connectivity index (χ4n) is 4.58. The smallest absolute Gasteiger partial charge is 0.223 e. The monoisotopic (exact) mass is 415 g/mol. The highest BCUT2D eigenvalue weighted by Crippen LogP contribution is 2.25. The van der Waals surface area contributed by atoms with Gasteiger partial charge in [-0.1, -0.05) is 44.2 Å². The Kier molecular flexibility index (Phi) is 10.1. The van der Waals surface area contributed by atoms with Gasteiger partial charge in [-0.15, -0.1) is 24.8 Å². The summed E-state index contributed by atoms with van der Waals surface area (Å²) in [5, 5.41) is 6.83. The summed E-state index contributed by atoms with van der Waals surface area (Å²) in [5.74, 6) is 1.41. The first-order valence-electron chi connectivity index (χ1n) is 9.83. The van der Waals surface area contributed by atoms with E-state index in [4.69, 9.17) is 0 Å². The summed E-state index contributed by atoms with van der Waals surface area (Å²) in [4.78, 5) is 15.3. The van der Waals surface area contributed by atoms with Gasteiger partial charge in [-0.3, -0.25) is 9.69 Å². The van der Waals surface area contributed by atoms with Crippen LogP contribution in [0.3, 0.4) is 0 Å². The van der Waals surface area contributed by atoms with E-state index in [1.54, 1.807) is 0 Å². The maximum atomic E-state index is 12.7. The molecule has 1 aromatic rings. The highest BCUT2D eigenvalue weighted by atomic mass is 35.5. The van der Waals surface area contributed by atoms with Crippen LogP contribution in [0.25, 0.3) is 0 Å². The molecule has 0 aromatic heterocycles. The average molecular weight is 416 g/mol. The Morgan fingerprint density at radius 3 is 2.33 bits per heavy atom. The van der Waals surface area contributed by atoms with Crippen molar-refractivity contribution < 1.29 is 4.79 Å². The van der Waals surface area contributed by atoms with Gasteiger partial charge in [0, 0.05) is 37.6 Å². The normalized spacial score (nSPS) is 31.3. The van der Waals surface area contributed by atoms with Crippen LogP contribution in [0.15, 0.2) is 30.3 Å². The number of carbonyl (C=O) groups excluding carboxylic acids is 1. The zero-order valence-electron chi connectivity index (χ0n) is 16.7. The molecule has 2 unspecified atom stereocenters. The molecule has 0 bridgehead atoms. The summed E-state index contributed by atoms with van der Waals surface area (Å²) in [7, 11) is 0. The van der Waals surface area contributed by atoms with Gasteiger partial charge in [0.15, 0.2) is 0 Å². The third-order valence-electron chi connectivity index (χ3n) is 5.87. The lowest BCUT2D eigenvalue weighted by atomic mass is 9.84. The van der Waals surface area contributed by atoms with E-state index in [0.717, 1.165) is 39.0 Å². The number of halogens is 2. The quantitative estimate of drug-likeness (QED) is 0.790. The molecule has 2 aliphatic heterocycles. The van der Waals surface area contributed by atoms with Gasteiger partial charge in [0.05, 0.1) is 0 Å². The highest BCUT2D eigenvalue weighted by molar-refractivity contribution is 5.85. The molecule has 4 atom stereocenters. The van der Waals surface area contributed by atoms with E-state index in [2.05, 4.69) is 66.6 Å². The zero-order valence-corrected chi connectivity index (χ0v) is 18.3. The van der Waals surface area contributed by atoms with Crippen molar-refractivity contribution in [1.82, 2.24) is 15.5 Å². The second-order valence-electron chi connectivity index (χ2n) is 8.25. The maximum Gasteiger partial charge on any atom is 0.223 e. The number of rotatable bonds is 4. The molecule has 2 heterocycles. The Balaban J connectivity index is 0.00000182. The maximum absolute atomic E-state index is 12.7. The van der Waals surface area contributed by atoms with Gasteiger partial charge in [-0.2, -0.15) is 0 Å². The first-order chi connectivity index (χ1) is 12.0. The molecule has 2 fully saturated rings. The molecule has 0 saturated carbocycles. The van der Waals surface area contributed by atoms with Crippen LogP contribution in [0.5, 0.6) is 0 Å². The SMILES string of the molecule is CC1CN(Cc2ccccc2)CC(C)C1NC(=O)[C@H]1CCN[C@@H](C)C1.Cl.Cl. The molecule has 2 aliphatic rings. The summed E-state index contributed by atoms with van der Waals surface area (Å²) < 4.78 is 0. The van der Waals surface area contributed by atoms with E-state index in [1.807, 2.05) is 0 Å². The summed E-state index contributed by atoms with van der Waals surface area (Å²) in [6, 6.07) is 11.4. The molecule has 154 valence electrons. The van der Waals surface area contributed by atoms with Crippen LogP contribution in [-0.4, -0.2) is 42.5 Å². The molecule has 3 rings (SSSR count). The Morgan fingerprint density at radius 1 is 1.11 bits per heavy atom. The van der Waals surface area contributed by atoms with Gasteiger partial charge < -0.3 is 10.6 Å². The van der Waals surface area contributed by atoms with Gasteiger partial charge in [0.2, 0.25) is 5.91 Å². The molecule has 4 nitrogen and oxygen atoms in total. The summed E-state index contributed by atoms with van der Waals surface area (Å²) >= 11 is 0. The van der Waals surface area contributed by atoms with Crippen molar-refractivity contribution in [2.75, 3.05) is 19.6 Å². The fourth-order valence-corrected chi connectivity index (χ4v) is 4.58. The second kappa shape index (κ2) is 11.3. The van der Waals surface area contributed by atoms with E-state index in [1.165, 1.54) is 5.56 Å². The number of amides is 1. The van der Waals surface area contributed by atoms with Crippen LogP contribution in [0.4, 0.5) is 0 Å². The molecule has 2 N–H and O–H groups in total. The van der Waals surface area contributed by atoms with E-state index < -0.39 is 0 Å². The van der Waals surface area contributed by atoms with E-state index in [-0.39, 0.29) is 36.6 Å². The van der Waals surface area contributed by atoms with Crippen molar-refractivity contribution in [2.45, 2.75) is 52.2 Å². The topological polar surface area (TPSA) is 44.4 Å². The molecule has 2 saturated heterocycles. The van der Waals surface area contributed by atoms with Crippen LogP contribution in [0.1, 0.15) is 39.2 Å². The van der Waals surface area contributed by atoms with Gasteiger partial charge >= 0.3 is 0 Å². The van der Waals surface area contributed by atoms with E-state index in [0.29, 0.717) is 23.9 Å². The lowest BCUT2D eigenvalue weighted by molar-refractivity contribution is -0.128. The fraction of sp³-hybridized carbons (Fsp3) is 0.667. The van der Waals surface area contributed by atoms with E-state index >= 15 is 0 Å². The minimum absolute atomic E-state index is 0. The number of nitrogens with zero attached hydrogens (tertiary/aromatic N) is 1. The Labute approximate surface area is 176 Å². The number of hydrogen-bond donors (Lipinski definition) is 2. The zero-order chi connectivity index (χ0) is 17.8. The standard InChI is InChI=1S/C21H33N3O.2ClH/c1-15-12-24(14-18-7-5-4-6-8-18)13-16(2)20(15)23-21(25)19-9-10-22-17(3)11-19;;/h4-8,15-17,19-20,22H,9-14H2,1-3H3,(H,23,25);2*1H/t15?,16?,17-,19-,20?;;/m0../s1. The van der Waals surface area contributed by atoms with Crippen molar-refractivity contribution in [2.24, 2.45) is 17.8 Å². The third-order valence-corrected chi connectivity index (χ3v) is 5.87. The van der Waals surface area contributed by atoms with Crippen molar-refractivity contribution >= 4 is 30.7 Å². The van der Waals surface area contributed by atoms with Gasteiger partial charge in [-0.05, 0) is 43.7 Å². The minimum atomic E-state index is 0. The molecule has 0 radical (unpaired) electrons. The number of carbonyl (C=O) groups is 1. The van der Waals surface area contributed by atoms with Gasteiger partial charge in [0.25, 0.3) is 0 Å². The van der Waals surface area contributed by atoms with Crippen molar-refractivity contribution in [3.05, 3.63) is 35.9 Å². The van der Waals surface area contributed by atoms with Gasteiger partial charge in [-0.25, -0.2) is 0 Å². The number of likely N-dealkylation sites (tertiary alicyclic amines) is 1. The van der Waals surface area contributed by atoms with Crippen LogP contribution in [-0.2, 0) is 11.3 Å². The predicted molar refractivity (Wildman–Crippen MR) is 117 cm³/mol. The van der Waals surface area contributed by atoms with Crippen molar-refractivity contribution in [3.63, 3.8) is 0 Å². The Morgan fingerprint density at radius 2 is 1.74 bits per heavy atom. The summed E-state index contributed by atoms with van der Waals surface area (Å²) in [6.45, 7) is 10.8. The molecule has 6 heteroatoms. The first-order valence-corrected chi connectivity index (χ1v) is 9.83. The predicted octanol–water partition coefficient (Wildman–Crippen LogP) is 3.49. The van der Waals surface area contributed by atoms with Crippen LogP contribution in [0.2, 0.25) is 0 Å². The van der Waals surface area contributed by atoms with Gasteiger partial charge in [0.1, 0.15) is 0 Å². The van der Waals surface area contributed by atoms with Crippen molar-refractivity contribution in [3.8, 4) is 0 Å². The molecular formula is C21H35Cl2N3O. The largest absolute Gasteiger partial charge is 0.352 e. The highest BCUT2D eigenvalue weighted by Gasteiger charge is 2.35. The van der Waals surface area contributed by atoms with E-state index in [9.17, 15) is 4.79 Å². The molecule has 1 aromatic carbocycles. The number of piperidine rings is 2. The van der Waals surface area contributed by atoms with Crippen LogP contribution >= 0.6 is 24.8 Å². The average Bonchev–Trinajstić information content (AvgIpc) is 2.59. The number of benzene rings is 1. The summed E-state index contributed by atoms with van der Waals surface area (Å²) in [5.41, 5.74) is 1.37.